The molecule has 25 heavy (non-hydrogen) atoms. The Labute approximate surface area is 148 Å². The third kappa shape index (κ3) is 1.57. The molecule has 3 fully saturated rings. The van der Waals surface area contributed by atoms with Crippen molar-refractivity contribution >= 4 is 0 Å². The Morgan fingerprint density at radius 1 is 1.28 bits per heavy atom. The highest BCUT2D eigenvalue weighted by molar-refractivity contribution is 5.63. The quantitative estimate of drug-likeness (QED) is 0.813. The minimum atomic E-state index is -0.780. The van der Waals surface area contributed by atoms with Gasteiger partial charge in [-0.3, -0.25) is 4.90 Å². The summed E-state index contributed by atoms with van der Waals surface area (Å²) < 4.78 is 6.29. The molecular weight excluding hydrogens is 314 g/mol. The summed E-state index contributed by atoms with van der Waals surface area (Å²) in [6.45, 7) is 6.40. The van der Waals surface area contributed by atoms with Gasteiger partial charge in [0.05, 0.1) is 11.0 Å². The van der Waals surface area contributed by atoms with Gasteiger partial charge in [-0.05, 0) is 68.2 Å². The topological polar surface area (TPSA) is 52.9 Å². The minimum absolute atomic E-state index is 0.157. The zero-order valence-corrected chi connectivity index (χ0v) is 14.5. The molecule has 132 valence electrons. The van der Waals surface area contributed by atoms with Gasteiger partial charge in [0, 0.05) is 18.2 Å². The number of phenolic OH excluding ortho intramolecular Hbond substituents is 1. The van der Waals surface area contributed by atoms with Crippen LogP contribution in [0.2, 0.25) is 0 Å². The van der Waals surface area contributed by atoms with Gasteiger partial charge in [0.2, 0.25) is 0 Å². The Balaban J connectivity index is 1.58. The molecule has 2 heterocycles. The van der Waals surface area contributed by atoms with E-state index in [-0.39, 0.29) is 17.9 Å². The van der Waals surface area contributed by atoms with E-state index >= 15 is 0 Å². The molecule has 1 spiro atoms. The Bertz CT molecular complexity index is 801. The van der Waals surface area contributed by atoms with Gasteiger partial charge < -0.3 is 14.9 Å². The normalized spacial score (nSPS) is 41.4. The molecule has 2 N–H and O–H groups in total. The number of rotatable bonds is 2. The molecule has 1 saturated heterocycles. The maximum Gasteiger partial charge on any atom is 0.166 e. The summed E-state index contributed by atoms with van der Waals surface area (Å²) in [5, 5.41) is 22.5. The van der Waals surface area contributed by atoms with E-state index in [0.717, 1.165) is 55.8 Å². The van der Waals surface area contributed by atoms with Crippen LogP contribution in [0, 0.1) is 5.92 Å². The summed E-state index contributed by atoms with van der Waals surface area (Å²) >= 11 is 0. The van der Waals surface area contributed by atoms with Crippen molar-refractivity contribution in [1.29, 1.82) is 0 Å². The Morgan fingerprint density at radius 3 is 2.92 bits per heavy atom. The number of aromatic hydroxyl groups is 1. The van der Waals surface area contributed by atoms with Gasteiger partial charge in [0.1, 0.15) is 6.10 Å². The van der Waals surface area contributed by atoms with Gasteiger partial charge in [0.15, 0.2) is 11.5 Å². The van der Waals surface area contributed by atoms with E-state index < -0.39 is 11.0 Å². The average Bonchev–Trinajstić information content (AvgIpc) is 3.32. The van der Waals surface area contributed by atoms with Crippen LogP contribution < -0.4 is 4.74 Å². The number of hydrogen-bond acceptors (Lipinski definition) is 4. The van der Waals surface area contributed by atoms with Crippen molar-refractivity contribution in [3.8, 4) is 11.5 Å². The van der Waals surface area contributed by atoms with Gasteiger partial charge >= 0.3 is 0 Å². The largest absolute Gasteiger partial charge is 0.504 e. The molecule has 5 aliphatic rings. The molecule has 0 aromatic heterocycles. The van der Waals surface area contributed by atoms with Crippen LogP contribution in [-0.4, -0.2) is 45.9 Å². The molecule has 2 aliphatic heterocycles. The molecule has 2 bridgehead atoms. The maximum absolute atomic E-state index is 12.1. The third-order valence-electron chi connectivity index (χ3n) is 7.71. The maximum atomic E-state index is 12.1. The van der Waals surface area contributed by atoms with E-state index in [4.69, 9.17) is 4.74 Å². The van der Waals surface area contributed by atoms with Gasteiger partial charge in [-0.2, -0.15) is 0 Å². The van der Waals surface area contributed by atoms with Crippen LogP contribution in [0.1, 0.15) is 43.2 Å². The fourth-order valence-electron chi connectivity index (χ4n) is 6.39. The predicted octanol–water partition coefficient (Wildman–Crippen LogP) is 2.51. The number of likely N-dealkylation sites (tertiary alicyclic amines) is 1. The zero-order valence-electron chi connectivity index (χ0n) is 14.5. The predicted molar refractivity (Wildman–Crippen MR) is 93.9 cm³/mol. The summed E-state index contributed by atoms with van der Waals surface area (Å²) in [5.74, 6) is 1.64. The highest BCUT2D eigenvalue weighted by Crippen LogP contribution is 2.66. The van der Waals surface area contributed by atoms with Crippen molar-refractivity contribution in [2.24, 2.45) is 5.92 Å². The zero-order chi connectivity index (χ0) is 17.0. The molecule has 4 atom stereocenters. The summed E-state index contributed by atoms with van der Waals surface area (Å²) in [5.41, 5.74) is 2.21. The molecule has 0 amide bonds. The number of aliphatic hydroxyl groups is 1. The smallest absolute Gasteiger partial charge is 0.166 e. The van der Waals surface area contributed by atoms with Gasteiger partial charge in [-0.15, -0.1) is 0 Å². The molecule has 4 heteroatoms. The lowest BCUT2D eigenvalue weighted by molar-refractivity contribution is -0.174. The van der Waals surface area contributed by atoms with Gasteiger partial charge in [0.25, 0.3) is 0 Å². The summed E-state index contributed by atoms with van der Waals surface area (Å²) in [6.07, 6.45) is 5.79. The first-order valence-corrected chi connectivity index (χ1v) is 9.71. The standard InChI is InChI=1S/C21H25NO3/c1-12-6-7-21(24)16-10-14-4-5-15(23)18-17(14)20(21,19(12)25-18)8-9-22(16)11-13-2-3-13/h4-5,13,16,19,23-24H,1-3,6-11H2/t16?,19-,20-,21+/m1/s1. The Hall–Kier alpha value is -1.52. The second-order valence-electron chi connectivity index (χ2n) is 8.91. The fraction of sp³-hybridized carbons (Fsp3) is 0.619. The number of ether oxygens (including phenoxy) is 1. The molecule has 2 saturated carbocycles. The lowest BCUT2D eigenvalue weighted by atomic mass is 9.48. The summed E-state index contributed by atoms with van der Waals surface area (Å²) in [7, 11) is 0. The van der Waals surface area contributed by atoms with E-state index in [1.807, 2.05) is 6.07 Å². The number of benzene rings is 1. The van der Waals surface area contributed by atoms with Crippen molar-refractivity contribution in [2.45, 2.75) is 61.7 Å². The summed E-state index contributed by atoms with van der Waals surface area (Å²) in [6, 6.07) is 3.96. The van der Waals surface area contributed by atoms with E-state index in [1.165, 1.54) is 18.4 Å². The van der Waals surface area contributed by atoms with Crippen LogP contribution in [0.5, 0.6) is 11.5 Å². The Kier molecular flexibility index (Phi) is 2.58. The van der Waals surface area contributed by atoms with E-state index in [1.54, 1.807) is 6.07 Å². The van der Waals surface area contributed by atoms with Crippen LogP contribution in [0.25, 0.3) is 0 Å². The second kappa shape index (κ2) is 4.41. The van der Waals surface area contributed by atoms with Crippen molar-refractivity contribution in [3.05, 3.63) is 35.4 Å². The van der Waals surface area contributed by atoms with Crippen molar-refractivity contribution < 1.29 is 14.9 Å². The minimum Gasteiger partial charge on any atom is -0.504 e. The molecule has 1 aromatic carbocycles. The molecule has 6 rings (SSSR count). The van der Waals surface area contributed by atoms with Crippen LogP contribution in [0.15, 0.2) is 24.3 Å². The average molecular weight is 339 g/mol. The van der Waals surface area contributed by atoms with Crippen molar-refractivity contribution in [2.75, 3.05) is 13.1 Å². The van der Waals surface area contributed by atoms with Crippen LogP contribution in [0.4, 0.5) is 0 Å². The van der Waals surface area contributed by atoms with Crippen molar-refractivity contribution in [1.82, 2.24) is 4.90 Å². The molecular formula is C21H25NO3. The summed E-state index contributed by atoms with van der Waals surface area (Å²) in [4.78, 5) is 2.56. The Morgan fingerprint density at radius 2 is 2.12 bits per heavy atom. The molecule has 1 aromatic rings. The molecule has 1 unspecified atom stereocenters. The fourth-order valence-corrected chi connectivity index (χ4v) is 6.39. The highest BCUT2D eigenvalue weighted by atomic mass is 16.5. The lowest BCUT2D eigenvalue weighted by Crippen LogP contribution is -2.75. The number of phenols is 1. The number of hydrogen-bond donors (Lipinski definition) is 2. The van der Waals surface area contributed by atoms with Crippen molar-refractivity contribution in [3.63, 3.8) is 0 Å². The lowest BCUT2D eigenvalue weighted by Gasteiger charge is -2.63. The number of nitrogens with zero attached hydrogens (tertiary/aromatic N) is 1. The van der Waals surface area contributed by atoms with Gasteiger partial charge in [-0.25, -0.2) is 0 Å². The van der Waals surface area contributed by atoms with Crippen LogP contribution >= 0.6 is 0 Å². The van der Waals surface area contributed by atoms with Crippen LogP contribution in [0.3, 0.4) is 0 Å². The number of piperidine rings is 1. The van der Waals surface area contributed by atoms with E-state index in [9.17, 15) is 10.2 Å². The first kappa shape index (κ1) is 14.6. The monoisotopic (exact) mass is 339 g/mol. The molecule has 0 radical (unpaired) electrons. The van der Waals surface area contributed by atoms with E-state index in [0.29, 0.717) is 5.75 Å². The second-order valence-corrected chi connectivity index (χ2v) is 8.91. The van der Waals surface area contributed by atoms with Crippen LogP contribution in [-0.2, 0) is 11.8 Å². The SMILES string of the molecule is C=C1CC[C@]2(O)C3Cc4ccc(O)c5c4[C@]2(CCN3CC2CC2)[C@@H]1O5. The highest BCUT2D eigenvalue weighted by Gasteiger charge is 2.71. The van der Waals surface area contributed by atoms with Gasteiger partial charge in [-0.1, -0.05) is 12.6 Å². The first-order chi connectivity index (χ1) is 12.0. The molecule has 4 nitrogen and oxygen atoms in total. The third-order valence-corrected chi connectivity index (χ3v) is 7.71. The van der Waals surface area contributed by atoms with E-state index in [2.05, 4.69) is 11.5 Å². The molecule has 3 aliphatic carbocycles. The first-order valence-electron chi connectivity index (χ1n) is 9.71.